The van der Waals surface area contributed by atoms with Gasteiger partial charge in [0.15, 0.2) is 0 Å². The summed E-state index contributed by atoms with van der Waals surface area (Å²) in [4.78, 5) is 13.6. The van der Waals surface area contributed by atoms with Crippen LogP contribution in [0.4, 0.5) is 0 Å². The third-order valence-corrected chi connectivity index (χ3v) is 4.74. The molecule has 1 N–H and O–H groups in total. The molecule has 0 radical (unpaired) electrons. The molecule has 116 valence electrons. The largest absolute Gasteiger partial charge is 0.348 e. The molecule has 0 aliphatic carbocycles. The van der Waals surface area contributed by atoms with Crippen LogP contribution in [0.25, 0.3) is 0 Å². The van der Waals surface area contributed by atoms with E-state index in [1.165, 1.54) is 5.56 Å². The van der Waals surface area contributed by atoms with Crippen molar-refractivity contribution in [2.75, 3.05) is 0 Å². The van der Waals surface area contributed by atoms with Crippen LogP contribution in [0.1, 0.15) is 37.4 Å². The van der Waals surface area contributed by atoms with Gasteiger partial charge >= 0.3 is 0 Å². The van der Waals surface area contributed by atoms with E-state index in [-0.39, 0.29) is 17.2 Å². The van der Waals surface area contributed by atoms with Crippen LogP contribution in [0.5, 0.6) is 0 Å². The predicted octanol–water partition coefficient (Wildman–Crippen LogP) is 4.74. The minimum atomic E-state index is -0.111. The zero-order valence-corrected chi connectivity index (χ0v) is 14.2. The van der Waals surface area contributed by atoms with E-state index in [1.807, 2.05) is 25.1 Å². The van der Waals surface area contributed by atoms with E-state index in [2.05, 4.69) is 55.6 Å². The Hall–Kier alpha value is -1.74. The van der Waals surface area contributed by atoms with Crippen LogP contribution in [-0.2, 0) is 4.79 Å². The Kier molecular flexibility index (Phi) is 6.08. The second kappa shape index (κ2) is 8.04. The van der Waals surface area contributed by atoms with Crippen LogP contribution < -0.4 is 5.32 Å². The Morgan fingerprint density at radius 3 is 2.32 bits per heavy atom. The van der Waals surface area contributed by atoms with Crippen LogP contribution in [0.2, 0.25) is 0 Å². The molecule has 0 aromatic heterocycles. The van der Waals surface area contributed by atoms with Crippen molar-refractivity contribution in [2.24, 2.45) is 0 Å². The molecule has 0 heterocycles. The molecule has 2 rings (SSSR count). The van der Waals surface area contributed by atoms with Crippen molar-refractivity contribution in [1.82, 2.24) is 5.32 Å². The van der Waals surface area contributed by atoms with Gasteiger partial charge in [0.25, 0.3) is 0 Å². The summed E-state index contributed by atoms with van der Waals surface area (Å²) >= 11 is 1.60. The first kappa shape index (κ1) is 16.6. The Bertz CT molecular complexity index is 595. The average Bonchev–Trinajstić information content (AvgIpc) is 2.55. The van der Waals surface area contributed by atoms with E-state index < -0.39 is 0 Å². The Morgan fingerprint density at radius 2 is 1.73 bits per heavy atom. The SMILES string of the molecule is CC[C@H](NC(=O)[C@H](C)Sc1ccc(C)cc1)c1ccccc1. The molecule has 0 bridgehead atoms. The number of carbonyl (C=O) groups excluding carboxylic acids is 1. The van der Waals surface area contributed by atoms with Crippen LogP contribution in [0.3, 0.4) is 0 Å². The van der Waals surface area contributed by atoms with Gasteiger partial charge in [0.05, 0.1) is 11.3 Å². The molecular formula is C19H23NOS. The van der Waals surface area contributed by atoms with Gasteiger partial charge in [-0.1, -0.05) is 55.0 Å². The highest BCUT2D eigenvalue weighted by Gasteiger charge is 2.18. The molecule has 0 aliphatic rings. The molecule has 2 atom stereocenters. The van der Waals surface area contributed by atoms with Crippen LogP contribution in [-0.4, -0.2) is 11.2 Å². The quantitative estimate of drug-likeness (QED) is 0.780. The molecule has 0 aliphatic heterocycles. The molecule has 0 spiro atoms. The zero-order valence-electron chi connectivity index (χ0n) is 13.4. The number of rotatable bonds is 6. The molecule has 2 nitrogen and oxygen atoms in total. The summed E-state index contributed by atoms with van der Waals surface area (Å²) in [7, 11) is 0. The van der Waals surface area contributed by atoms with Gasteiger partial charge in [-0.3, -0.25) is 4.79 Å². The van der Waals surface area contributed by atoms with Gasteiger partial charge < -0.3 is 5.32 Å². The summed E-state index contributed by atoms with van der Waals surface area (Å²) in [6, 6.07) is 18.5. The predicted molar refractivity (Wildman–Crippen MR) is 94.1 cm³/mol. The van der Waals surface area contributed by atoms with Crippen molar-refractivity contribution >= 4 is 17.7 Å². The van der Waals surface area contributed by atoms with Crippen LogP contribution >= 0.6 is 11.8 Å². The smallest absolute Gasteiger partial charge is 0.233 e. The fourth-order valence-electron chi connectivity index (χ4n) is 2.27. The van der Waals surface area contributed by atoms with Crippen LogP contribution in [0.15, 0.2) is 59.5 Å². The standard InChI is InChI=1S/C19H23NOS/c1-4-18(16-8-6-5-7-9-16)20-19(21)15(3)22-17-12-10-14(2)11-13-17/h5-13,15,18H,4H2,1-3H3,(H,20,21)/t15-,18-/m0/s1. The molecule has 1 amide bonds. The summed E-state index contributed by atoms with van der Waals surface area (Å²) < 4.78 is 0. The lowest BCUT2D eigenvalue weighted by Gasteiger charge is -2.20. The molecule has 0 saturated carbocycles. The number of hydrogen-bond acceptors (Lipinski definition) is 2. The number of hydrogen-bond donors (Lipinski definition) is 1. The van der Waals surface area contributed by atoms with E-state index in [0.29, 0.717) is 0 Å². The number of thioether (sulfide) groups is 1. The molecule has 0 saturated heterocycles. The molecule has 3 heteroatoms. The molecule has 2 aromatic rings. The van der Waals surface area contributed by atoms with Crippen molar-refractivity contribution in [2.45, 2.75) is 43.4 Å². The van der Waals surface area contributed by atoms with Crippen molar-refractivity contribution in [3.05, 3.63) is 65.7 Å². The van der Waals surface area contributed by atoms with E-state index in [0.717, 1.165) is 16.9 Å². The fraction of sp³-hybridized carbons (Fsp3) is 0.316. The van der Waals surface area contributed by atoms with Gasteiger partial charge in [-0.25, -0.2) is 0 Å². The first-order chi connectivity index (χ1) is 10.6. The maximum absolute atomic E-state index is 12.4. The van der Waals surface area contributed by atoms with Crippen molar-refractivity contribution < 1.29 is 4.79 Å². The summed E-state index contributed by atoms with van der Waals surface area (Å²) in [5.41, 5.74) is 2.39. The van der Waals surface area contributed by atoms with Gasteiger partial charge in [-0.05, 0) is 38.0 Å². The summed E-state index contributed by atoms with van der Waals surface area (Å²) in [6.45, 7) is 6.11. The van der Waals surface area contributed by atoms with Crippen molar-refractivity contribution in [3.8, 4) is 0 Å². The first-order valence-corrected chi connectivity index (χ1v) is 8.56. The first-order valence-electron chi connectivity index (χ1n) is 7.68. The topological polar surface area (TPSA) is 29.1 Å². The van der Waals surface area contributed by atoms with E-state index >= 15 is 0 Å². The fourth-order valence-corrected chi connectivity index (χ4v) is 3.15. The second-order valence-electron chi connectivity index (χ2n) is 5.45. The Labute approximate surface area is 137 Å². The normalized spacial score (nSPS) is 13.4. The Balaban J connectivity index is 1.96. The van der Waals surface area contributed by atoms with Crippen molar-refractivity contribution in [3.63, 3.8) is 0 Å². The third kappa shape index (κ3) is 4.63. The lowest BCUT2D eigenvalue weighted by molar-refractivity contribution is -0.121. The van der Waals surface area contributed by atoms with Crippen molar-refractivity contribution in [1.29, 1.82) is 0 Å². The molecule has 22 heavy (non-hydrogen) atoms. The maximum atomic E-state index is 12.4. The van der Waals surface area contributed by atoms with E-state index in [1.54, 1.807) is 11.8 Å². The summed E-state index contributed by atoms with van der Waals surface area (Å²) in [5, 5.41) is 3.04. The summed E-state index contributed by atoms with van der Waals surface area (Å²) in [6.07, 6.45) is 0.887. The highest BCUT2D eigenvalue weighted by atomic mass is 32.2. The molecular weight excluding hydrogens is 290 g/mol. The summed E-state index contributed by atoms with van der Waals surface area (Å²) in [5.74, 6) is 0.0845. The Morgan fingerprint density at radius 1 is 1.09 bits per heavy atom. The maximum Gasteiger partial charge on any atom is 0.233 e. The molecule has 0 fully saturated rings. The number of benzene rings is 2. The number of nitrogens with one attached hydrogen (secondary N) is 1. The lowest BCUT2D eigenvalue weighted by atomic mass is 10.0. The number of aryl methyl sites for hydroxylation is 1. The number of amides is 1. The average molecular weight is 313 g/mol. The molecule has 0 unspecified atom stereocenters. The molecule has 2 aromatic carbocycles. The van der Waals surface area contributed by atoms with Gasteiger partial charge in [-0.2, -0.15) is 0 Å². The minimum Gasteiger partial charge on any atom is -0.348 e. The third-order valence-electron chi connectivity index (χ3n) is 3.63. The number of carbonyl (C=O) groups is 1. The van der Waals surface area contributed by atoms with Gasteiger partial charge in [0, 0.05) is 4.90 Å². The van der Waals surface area contributed by atoms with Gasteiger partial charge in [0.2, 0.25) is 5.91 Å². The van der Waals surface area contributed by atoms with Crippen LogP contribution in [0, 0.1) is 6.92 Å². The monoisotopic (exact) mass is 313 g/mol. The highest BCUT2D eigenvalue weighted by molar-refractivity contribution is 8.00. The van der Waals surface area contributed by atoms with Gasteiger partial charge in [0.1, 0.15) is 0 Å². The lowest BCUT2D eigenvalue weighted by Crippen LogP contribution is -2.34. The second-order valence-corrected chi connectivity index (χ2v) is 6.87. The van der Waals surface area contributed by atoms with E-state index in [4.69, 9.17) is 0 Å². The zero-order chi connectivity index (χ0) is 15.9. The van der Waals surface area contributed by atoms with Gasteiger partial charge in [-0.15, -0.1) is 11.8 Å². The minimum absolute atomic E-state index is 0.0785. The highest BCUT2D eigenvalue weighted by Crippen LogP contribution is 2.25. The van der Waals surface area contributed by atoms with E-state index in [9.17, 15) is 4.79 Å².